The molecule has 1 amide bonds. The molecule has 0 radical (unpaired) electrons. The van der Waals surface area contributed by atoms with E-state index in [0.717, 1.165) is 11.4 Å². The Labute approximate surface area is 132 Å². The van der Waals surface area contributed by atoms with Crippen molar-refractivity contribution in [2.75, 3.05) is 11.4 Å². The lowest BCUT2D eigenvalue weighted by molar-refractivity contribution is 0.0984. The number of amides is 1. The highest BCUT2D eigenvalue weighted by molar-refractivity contribution is 6.04. The number of hydrogen-bond acceptors (Lipinski definition) is 2. The van der Waals surface area contributed by atoms with Crippen LogP contribution in [-0.2, 0) is 5.41 Å². The van der Waals surface area contributed by atoms with Crippen molar-refractivity contribution in [2.24, 2.45) is 0 Å². The predicted octanol–water partition coefficient (Wildman–Crippen LogP) is 4.21. The van der Waals surface area contributed by atoms with Crippen molar-refractivity contribution < 1.29 is 4.79 Å². The van der Waals surface area contributed by atoms with Gasteiger partial charge in [0, 0.05) is 23.3 Å². The van der Waals surface area contributed by atoms with Gasteiger partial charge >= 0.3 is 0 Å². The van der Waals surface area contributed by atoms with Gasteiger partial charge in [0.1, 0.15) is 5.69 Å². The largest absolute Gasteiger partial charge is 0.303 e. The summed E-state index contributed by atoms with van der Waals surface area (Å²) in [6.07, 6.45) is 1.72. The first kappa shape index (κ1) is 16.0. The highest BCUT2D eigenvalue weighted by Gasteiger charge is 2.21. The second-order valence-corrected chi connectivity index (χ2v) is 6.20. The molecule has 0 unspecified atom stereocenters. The van der Waals surface area contributed by atoms with Crippen LogP contribution in [0.25, 0.3) is 0 Å². The first-order chi connectivity index (χ1) is 10.4. The smallest absolute Gasteiger partial charge is 0.277 e. The molecule has 0 spiro atoms. The fraction of sp³-hybridized carbons (Fsp3) is 0.263. The van der Waals surface area contributed by atoms with Gasteiger partial charge in [-0.3, -0.25) is 4.79 Å². The van der Waals surface area contributed by atoms with Crippen molar-refractivity contribution in [3.8, 4) is 0 Å². The van der Waals surface area contributed by atoms with Gasteiger partial charge in [-0.1, -0.05) is 51.1 Å². The van der Waals surface area contributed by atoms with Crippen LogP contribution in [0.15, 0.2) is 61.2 Å². The minimum absolute atomic E-state index is 0.0910. The van der Waals surface area contributed by atoms with Gasteiger partial charge in [-0.05, 0) is 24.3 Å². The Kier molecular flexibility index (Phi) is 4.76. The number of nitrogens with zero attached hydrogens (tertiary/aromatic N) is 2. The van der Waals surface area contributed by atoms with E-state index < -0.39 is 0 Å². The van der Waals surface area contributed by atoms with E-state index in [0.29, 0.717) is 12.2 Å². The standard InChI is InChI=1S/C19H22N2O/c1-5-14-21(15-10-7-6-8-11-15)18(22)16-12-9-13-17(20-16)19(2,3)4/h5-13H,1,14H2,2-4H3. The lowest BCUT2D eigenvalue weighted by atomic mass is 9.91. The van der Waals surface area contributed by atoms with Gasteiger partial charge in [0.25, 0.3) is 5.91 Å². The van der Waals surface area contributed by atoms with E-state index in [9.17, 15) is 4.79 Å². The van der Waals surface area contributed by atoms with Crippen LogP contribution in [0, 0.1) is 0 Å². The molecule has 0 atom stereocenters. The lowest BCUT2D eigenvalue weighted by Crippen LogP contribution is -2.32. The third-order valence-electron chi connectivity index (χ3n) is 3.36. The molecule has 0 N–H and O–H groups in total. The Morgan fingerprint density at radius 2 is 1.82 bits per heavy atom. The molecule has 1 aromatic heterocycles. The summed E-state index contributed by atoms with van der Waals surface area (Å²) in [4.78, 5) is 19.1. The molecule has 0 fully saturated rings. The lowest BCUT2D eigenvalue weighted by Gasteiger charge is -2.22. The summed E-state index contributed by atoms with van der Waals surface area (Å²) in [5.74, 6) is -0.114. The van der Waals surface area contributed by atoms with Gasteiger partial charge in [-0.15, -0.1) is 6.58 Å². The van der Waals surface area contributed by atoms with E-state index in [2.05, 4.69) is 32.3 Å². The van der Waals surface area contributed by atoms with Crippen LogP contribution in [0.4, 0.5) is 5.69 Å². The van der Waals surface area contributed by atoms with Crippen LogP contribution in [0.2, 0.25) is 0 Å². The normalized spacial score (nSPS) is 11.0. The average molecular weight is 294 g/mol. The Balaban J connectivity index is 2.38. The average Bonchev–Trinajstić information content (AvgIpc) is 2.52. The zero-order valence-electron chi connectivity index (χ0n) is 13.4. The molecule has 0 aliphatic carbocycles. The Bertz CT molecular complexity index is 657. The summed E-state index contributed by atoms with van der Waals surface area (Å²) in [5, 5.41) is 0. The van der Waals surface area contributed by atoms with Gasteiger partial charge in [0.15, 0.2) is 0 Å². The maximum atomic E-state index is 12.8. The van der Waals surface area contributed by atoms with E-state index in [4.69, 9.17) is 0 Å². The summed E-state index contributed by atoms with van der Waals surface area (Å²) in [7, 11) is 0. The highest BCUT2D eigenvalue weighted by atomic mass is 16.2. The molecule has 22 heavy (non-hydrogen) atoms. The summed E-state index contributed by atoms with van der Waals surface area (Å²) in [6.45, 7) is 10.5. The first-order valence-corrected chi connectivity index (χ1v) is 7.39. The van der Waals surface area contributed by atoms with Crippen LogP contribution in [0.3, 0.4) is 0 Å². The molecule has 3 heteroatoms. The third-order valence-corrected chi connectivity index (χ3v) is 3.36. The first-order valence-electron chi connectivity index (χ1n) is 7.39. The van der Waals surface area contributed by atoms with Crippen LogP contribution in [0.5, 0.6) is 0 Å². The van der Waals surface area contributed by atoms with Crippen LogP contribution < -0.4 is 4.90 Å². The predicted molar refractivity (Wildman–Crippen MR) is 91.3 cm³/mol. The van der Waals surface area contributed by atoms with E-state index in [-0.39, 0.29) is 11.3 Å². The second-order valence-electron chi connectivity index (χ2n) is 6.20. The number of anilines is 1. The second kappa shape index (κ2) is 6.56. The fourth-order valence-electron chi connectivity index (χ4n) is 2.15. The zero-order valence-corrected chi connectivity index (χ0v) is 13.4. The molecule has 2 rings (SSSR count). The number of para-hydroxylation sites is 1. The van der Waals surface area contributed by atoms with Gasteiger partial charge in [-0.2, -0.15) is 0 Å². The van der Waals surface area contributed by atoms with Crippen LogP contribution >= 0.6 is 0 Å². The van der Waals surface area contributed by atoms with Gasteiger partial charge in [-0.25, -0.2) is 4.98 Å². The molecular formula is C19H22N2O. The number of benzene rings is 1. The van der Waals surface area contributed by atoms with Crippen molar-refractivity contribution in [3.63, 3.8) is 0 Å². The molecule has 0 saturated heterocycles. The Morgan fingerprint density at radius 1 is 1.14 bits per heavy atom. The summed E-state index contributed by atoms with van der Waals surface area (Å²) < 4.78 is 0. The minimum Gasteiger partial charge on any atom is -0.303 e. The number of hydrogen-bond donors (Lipinski definition) is 0. The van der Waals surface area contributed by atoms with Crippen LogP contribution in [0.1, 0.15) is 37.0 Å². The molecule has 114 valence electrons. The zero-order chi connectivity index (χ0) is 16.2. The quantitative estimate of drug-likeness (QED) is 0.791. The summed E-state index contributed by atoms with van der Waals surface area (Å²) >= 11 is 0. The number of carbonyl (C=O) groups is 1. The minimum atomic E-state index is -0.114. The summed E-state index contributed by atoms with van der Waals surface area (Å²) in [5.41, 5.74) is 2.12. The van der Waals surface area contributed by atoms with E-state index in [1.54, 1.807) is 17.0 Å². The molecule has 0 aliphatic heterocycles. The molecule has 0 saturated carbocycles. The highest BCUT2D eigenvalue weighted by Crippen LogP contribution is 2.21. The maximum absolute atomic E-state index is 12.8. The maximum Gasteiger partial charge on any atom is 0.277 e. The van der Waals surface area contributed by atoms with Crippen molar-refractivity contribution in [2.45, 2.75) is 26.2 Å². The summed E-state index contributed by atoms with van der Waals surface area (Å²) in [6, 6.07) is 15.2. The number of aromatic nitrogens is 1. The Morgan fingerprint density at radius 3 is 2.41 bits per heavy atom. The van der Waals surface area contributed by atoms with Gasteiger partial charge in [0.05, 0.1) is 0 Å². The Hall–Kier alpha value is -2.42. The molecule has 1 aromatic carbocycles. The van der Waals surface area contributed by atoms with Crippen molar-refractivity contribution in [1.82, 2.24) is 4.98 Å². The monoisotopic (exact) mass is 294 g/mol. The SMILES string of the molecule is C=CCN(C(=O)c1cccc(C(C)(C)C)n1)c1ccccc1. The molecule has 2 aromatic rings. The number of carbonyl (C=O) groups excluding carboxylic acids is 1. The van der Waals surface area contributed by atoms with E-state index >= 15 is 0 Å². The topological polar surface area (TPSA) is 33.2 Å². The number of pyridine rings is 1. The molecule has 0 aliphatic rings. The number of rotatable bonds is 4. The molecular weight excluding hydrogens is 272 g/mol. The third kappa shape index (κ3) is 3.61. The van der Waals surface area contributed by atoms with Crippen molar-refractivity contribution >= 4 is 11.6 Å². The van der Waals surface area contributed by atoms with Gasteiger partial charge in [0.2, 0.25) is 0 Å². The molecule has 0 bridgehead atoms. The van der Waals surface area contributed by atoms with E-state index in [1.807, 2.05) is 42.5 Å². The van der Waals surface area contributed by atoms with Gasteiger partial charge < -0.3 is 4.90 Å². The molecule has 3 nitrogen and oxygen atoms in total. The van der Waals surface area contributed by atoms with Crippen molar-refractivity contribution in [3.05, 3.63) is 72.6 Å². The van der Waals surface area contributed by atoms with E-state index in [1.165, 1.54) is 0 Å². The fourth-order valence-corrected chi connectivity index (χ4v) is 2.15. The van der Waals surface area contributed by atoms with Crippen molar-refractivity contribution in [1.29, 1.82) is 0 Å². The molecule has 1 heterocycles. The van der Waals surface area contributed by atoms with Crippen LogP contribution in [-0.4, -0.2) is 17.4 Å².